The van der Waals surface area contributed by atoms with Crippen molar-refractivity contribution in [3.05, 3.63) is 65.7 Å². The van der Waals surface area contributed by atoms with Gasteiger partial charge in [-0.1, -0.05) is 18.2 Å². The van der Waals surface area contributed by atoms with Crippen LogP contribution in [-0.4, -0.2) is 33.3 Å². The Morgan fingerprint density at radius 1 is 1.00 bits per heavy atom. The number of hydrogen-bond acceptors (Lipinski definition) is 5. The average molecular weight is 375 g/mol. The zero-order chi connectivity index (χ0) is 18.4. The number of benzene rings is 2. The normalized spacial score (nSPS) is 12.1. The quantitative estimate of drug-likeness (QED) is 0.324. The van der Waals surface area contributed by atoms with E-state index in [2.05, 4.69) is 0 Å². The summed E-state index contributed by atoms with van der Waals surface area (Å²) in [6.07, 6.45) is 3.98. The molecule has 0 fully saturated rings. The van der Waals surface area contributed by atoms with Crippen LogP contribution < -0.4 is 0 Å². The van der Waals surface area contributed by atoms with Gasteiger partial charge in [-0.25, -0.2) is 0 Å². The van der Waals surface area contributed by atoms with Crippen LogP contribution in [0.2, 0.25) is 0 Å². The van der Waals surface area contributed by atoms with Crippen LogP contribution in [0.4, 0.5) is 0 Å². The fraction of sp³-hybridized carbons (Fsp3) is 0.250. The topological polar surface area (TPSA) is 57.5 Å². The Hall–Kier alpha value is -1.53. The molecule has 0 atom stereocenters. The van der Waals surface area contributed by atoms with Crippen molar-refractivity contribution in [1.82, 2.24) is 0 Å². The van der Waals surface area contributed by atoms with Gasteiger partial charge in [0.1, 0.15) is 0 Å². The standard InChI is InChI=1S/C20H22O3S2/c1-20(2,19(22)23)25-17-11-7-15(8-12-17)18(21)13-6-14-4-9-16(24-3)10-5-14/h4-13,19,22-23H,1-3H3/b13-6+. The van der Waals surface area contributed by atoms with E-state index in [0.29, 0.717) is 5.56 Å². The monoisotopic (exact) mass is 374 g/mol. The third kappa shape index (κ3) is 5.75. The second kappa shape index (κ2) is 8.72. The molecule has 0 radical (unpaired) electrons. The van der Waals surface area contributed by atoms with E-state index in [1.807, 2.05) is 42.7 Å². The van der Waals surface area contributed by atoms with Gasteiger partial charge in [0.05, 0.1) is 4.75 Å². The van der Waals surface area contributed by atoms with Crippen molar-refractivity contribution < 1.29 is 15.0 Å². The number of carbonyl (C=O) groups is 1. The smallest absolute Gasteiger partial charge is 0.185 e. The molecule has 0 spiro atoms. The molecule has 2 N–H and O–H groups in total. The number of carbonyl (C=O) groups excluding carboxylic acids is 1. The first-order valence-electron chi connectivity index (χ1n) is 7.83. The first kappa shape index (κ1) is 19.8. The van der Waals surface area contributed by atoms with Crippen molar-refractivity contribution in [1.29, 1.82) is 0 Å². The minimum Gasteiger partial charge on any atom is -0.367 e. The Bertz CT molecular complexity index is 733. The van der Waals surface area contributed by atoms with E-state index in [-0.39, 0.29) is 5.78 Å². The molecule has 0 aliphatic heterocycles. The molecule has 0 saturated carbocycles. The van der Waals surface area contributed by atoms with E-state index in [4.69, 9.17) is 0 Å². The minimum atomic E-state index is -1.42. The fourth-order valence-corrected chi connectivity index (χ4v) is 3.42. The SMILES string of the molecule is CSc1ccc(/C=C/C(=O)c2ccc(SC(C)(C)C(O)O)cc2)cc1. The van der Waals surface area contributed by atoms with Crippen LogP contribution in [-0.2, 0) is 0 Å². The number of allylic oxidation sites excluding steroid dienone is 1. The predicted molar refractivity (Wildman–Crippen MR) is 106 cm³/mol. The number of ketones is 1. The molecule has 0 aliphatic rings. The Labute approximate surface area is 157 Å². The van der Waals surface area contributed by atoms with Gasteiger partial charge in [0.15, 0.2) is 12.1 Å². The first-order valence-corrected chi connectivity index (χ1v) is 9.87. The summed E-state index contributed by atoms with van der Waals surface area (Å²) in [5, 5.41) is 18.7. The molecule has 0 unspecified atom stereocenters. The highest BCUT2D eigenvalue weighted by atomic mass is 32.2. The molecule has 0 aromatic heterocycles. The van der Waals surface area contributed by atoms with Crippen LogP contribution in [0, 0.1) is 0 Å². The summed E-state index contributed by atoms with van der Waals surface area (Å²) >= 11 is 3.04. The molecule has 0 amide bonds. The molecular formula is C20H22O3S2. The zero-order valence-electron chi connectivity index (χ0n) is 14.5. The predicted octanol–water partition coefficient (Wildman–Crippen LogP) is 4.49. The summed E-state index contributed by atoms with van der Waals surface area (Å²) < 4.78 is -0.714. The number of aliphatic hydroxyl groups is 2. The van der Waals surface area contributed by atoms with E-state index in [9.17, 15) is 15.0 Å². The van der Waals surface area contributed by atoms with E-state index < -0.39 is 11.0 Å². The Balaban J connectivity index is 2.03. The van der Waals surface area contributed by atoms with E-state index in [1.165, 1.54) is 16.7 Å². The zero-order valence-corrected chi connectivity index (χ0v) is 16.1. The van der Waals surface area contributed by atoms with Crippen LogP contribution in [0.1, 0.15) is 29.8 Å². The molecule has 25 heavy (non-hydrogen) atoms. The largest absolute Gasteiger partial charge is 0.367 e. The van der Waals surface area contributed by atoms with Crippen LogP contribution >= 0.6 is 23.5 Å². The second-order valence-electron chi connectivity index (χ2n) is 6.07. The molecule has 3 nitrogen and oxygen atoms in total. The highest BCUT2D eigenvalue weighted by Gasteiger charge is 2.27. The summed E-state index contributed by atoms with van der Waals surface area (Å²) in [6, 6.07) is 15.2. The van der Waals surface area contributed by atoms with Gasteiger partial charge >= 0.3 is 0 Å². The lowest BCUT2D eigenvalue weighted by Gasteiger charge is -2.25. The van der Waals surface area contributed by atoms with E-state index in [1.54, 1.807) is 49.9 Å². The van der Waals surface area contributed by atoms with Gasteiger partial charge < -0.3 is 10.2 Å². The first-order chi connectivity index (χ1) is 11.8. The highest BCUT2D eigenvalue weighted by Crippen LogP contribution is 2.34. The molecule has 0 heterocycles. The molecule has 0 saturated heterocycles. The second-order valence-corrected chi connectivity index (χ2v) is 8.68. The molecule has 2 aromatic rings. The minimum absolute atomic E-state index is 0.0630. The summed E-state index contributed by atoms with van der Waals surface area (Å²) in [6.45, 7) is 3.51. The number of hydrogen-bond donors (Lipinski definition) is 2. The maximum Gasteiger partial charge on any atom is 0.185 e. The van der Waals surface area contributed by atoms with Gasteiger partial charge in [-0.3, -0.25) is 4.79 Å². The lowest BCUT2D eigenvalue weighted by Crippen LogP contribution is -2.32. The van der Waals surface area contributed by atoms with Gasteiger partial charge in [0, 0.05) is 15.4 Å². The van der Waals surface area contributed by atoms with Gasteiger partial charge in [-0.2, -0.15) is 0 Å². The molecule has 0 aliphatic carbocycles. The Morgan fingerprint density at radius 3 is 2.08 bits per heavy atom. The van der Waals surface area contributed by atoms with Crippen LogP contribution in [0.15, 0.2) is 64.4 Å². The van der Waals surface area contributed by atoms with Crippen LogP contribution in [0.3, 0.4) is 0 Å². The van der Waals surface area contributed by atoms with Crippen molar-refractivity contribution in [2.24, 2.45) is 0 Å². The molecule has 5 heteroatoms. The van der Waals surface area contributed by atoms with Crippen molar-refractivity contribution >= 4 is 35.4 Å². The molecule has 2 aromatic carbocycles. The maximum atomic E-state index is 12.3. The van der Waals surface area contributed by atoms with Gasteiger partial charge in [-0.15, -0.1) is 23.5 Å². The Kier molecular flexibility index (Phi) is 6.90. The molecule has 0 bridgehead atoms. The number of aliphatic hydroxyl groups excluding tert-OH is 1. The molecular weight excluding hydrogens is 352 g/mol. The van der Waals surface area contributed by atoms with Crippen LogP contribution in [0.25, 0.3) is 6.08 Å². The summed E-state index contributed by atoms with van der Waals surface area (Å²) in [7, 11) is 0. The summed E-state index contributed by atoms with van der Waals surface area (Å²) in [4.78, 5) is 14.3. The van der Waals surface area contributed by atoms with Crippen molar-refractivity contribution in [2.75, 3.05) is 6.26 Å². The Morgan fingerprint density at radius 2 is 1.56 bits per heavy atom. The van der Waals surface area contributed by atoms with Crippen LogP contribution in [0.5, 0.6) is 0 Å². The number of rotatable bonds is 7. The number of thioether (sulfide) groups is 2. The summed E-state index contributed by atoms with van der Waals surface area (Å²) in [5.74, 6) is -0.0630. The van der Waals surface area contributed by atoms with Crippen molar-refractivity contribution in [2.45, 2.75) is 34.7 Å². The third-order valence-corrected chi connectivity index (χ3v) is 5.67. The fourth-order valence-electron chi connectivity index (χ4n) is 2.03. The average Bonchev–Trinajstić information content (AvgIpc) is 2.60. The third-order valence-electron chi connectivity index (χ3n) is 3.68. The van der Waals surface area contributed by atoms with Gasteiger partial charge in [0.2, 0.25) is 0 Å². The summed E-state index contributed by atoms with van der Waals surface area (Å²) in [5.41, 5.74) is 1.58. The highest BCUT2D eigenvalue weighted by molar-refractivity contribution is 8.00. The van der Waals surface area contributed by atoms with Gasteiger partial charge in [0.25, 0.3) is 0 Å². The van der Waals surface area contributed by atoms with Crippen molar-refractivity contribution in [3.63, 3.8) is 0 Å². The molecule has 132 valence electrons. The molecule has 2 rings (SSSR count). The lowest BCUT2D eigenvalue weighted by molar-refractivity contribution is -0.0606. The van der Waals surface area contributed by atoms with E-state index >= 15 is 0 Å². The van der Waals surface area contributed by atoms with Crippen molar-refractivity contribution in [3.8, 4) is 0 Å². The van der Waals surface area contributed by atoms with Gasteiger partial charge in [-0.05, 0) is 68.1 Å². The maximum absolute atomic E-state index is 12.3. The van der Waals surface area contributed by atoms with E-state index in [0.717, 1.165) is 10.5 Å². The lowest BCUT2D eigenvalue weighted by atomic mass is 10.1.